The zero-order valence-corrected chi connectivity index (χ0v) is 16.4. The van der Waals surface area contributed by atoms with Gasteiger partial charge in [-0.1, -0.05) is 78.9 Å². The zero-order valence-electron chi connectivity index (χ0n) is 16.4. The summed E-state index contributed by atoms with van der Waals surface area (Å²) in [7, 11) is 0. The second-order valence-corrected chi connectivity index (χ2v) is 7.30. The SMILES string of the molecule is CC(=NCc1ccccc1)c1ccc(-n2c3ccccc3c3ccccc32)cc1. The van der Waals surface area contributed by atoms with Crippen LogP contribution in [0.1, 0.15) is 18.1 Å². The lowest BCUT2D eigenvalue weighted by molar-refractivity contribution is 1.06. The van der Waals surface area contributed by atoms with E-state index < -0.39 is 0 Å². The smallest absolute Gasteiger partial charge is 0.0643 e. The molecule has 5 rings (SSSR count). The van der Waals surface area contributed by atoms with Crippen molar-refractivity contribution in [3.05, 3.63) is 114 Å². The normalized spacial score (nSPS) is 12.0. The van der Waals surface area contributed by atoms with Crippen molar-refractivity contribution in [2.75, 3.05) is 0 Å². The molecule has 0 saturated heterocycles. The molecule has 0 aliphatic carbocycles. The van der Waals surface area contributed by atoms with Gasteiger partial charge in [-0.25, -0.2) is 0 Å². The summed E-state index contributed by atoms with van der Waals surface area (Å²) in [6.07, 6.45) is 0. The van der Waals surface area contributed by atoms with Gasteiger partial charge in [-0.2, -0.15) is 0 Å². The first-order valence-electron chi connectivity index (χ1n) is 9.95. The fourth-order valence-corrected chi connectivity index (χ4v) is 3.94. The van der Waals surface area contributed by atoms with Gasteiger partial charge in [0.25, 0.3) is 0 Å². The van der Waals surface area contributed by atoms with Crippen LogP contribution >= 0.6 is 0 Å². The van der Waals surface area contributed by atoms with Crippen LogP contribution in [0.3, 0.4) is 0 Å². The van der Waals surface area contributed by atoms with Gasteiger partial charge < -0.3 is 4.57 Å². The third kappa shape index (κ3) is 3.23. The maximum absolute atomic E-state index is 4.77. The Morgan fingerprint density at radius 1 is 0.655 bits per heavy atom. The first-order chi connectivity index (χ1) is 14.3. The Morgan fingerprint density at radius 3 is 1.83 bits per heavy atom. The summed E-state index contributed by atoms with van der Waals surface area (Å²) in [5.41, 5.74) is 7.08. The van der Waals surface area contributed by atoms with Crippen LogP contribution in [0.5, 0.6) is 0 Å². The molecule has 0 unspecified atom stereocenters. The number of benzene rings is 4. The van der Waals surface area contributed by atoms with Crippen molar-refractivity contribution in [1.29, 1.82) is 0 Å². The lowest BCUT2D eigenvalue weighted by atomic mass is 10.1. The maximum Gasteiger partial charge on any atom is 0.0643 e. The van der Waals surface area contributed by atoms with Crippen molar-refractivity contribution < 1.29 is 0 Å². The third-order valence-electron chi connectivity index (χ3n) is 5.46. The Bertz CT molecular complexity index is 1260. The molecular formula is C27H22N2. The number of nitrogens with zero attached hydrogens (tertiary/aromatic N) is 2. The highest BCUT2D eigenvalue weighted by molar-refractivity contribution is 6.09. The van der Waals surface area contributed by atoms with Gasteiger partial charge in [-0.15, -0.1) is 0 Å². The molecule has 5 aromatic rings. The Hall–Kier alpha value is -3.65. The summed E-state index contributed by atoms with van der Waals surface area (Å²) >= 11 is 0. The summed E-state index contributed by atoms with van der Waals surface area (Å²) < 4.78 is 2.34. The fourth-order valence-electron chi connectivity index (χ4n) is 3.94. The number of hydrogen-bond acceptors (Lipinski definition) is 1. The van der Waals surface area contributed by atoms with Gasteiger partial charge in [0.1, 0.15) is 0 Å². The highest BCUT2D eigenvalue weighted by Crippen LogP contribution is 2.31. The summed E-state index contributed by atoms with van der Waals surface area (Å²) in [5.74, 6) is 0. The molecule has 0 N–H and O–H groups in total. The third-order valence-corrected chi connectivity index (χ3v) is 5.46. The van der Waals surface area contributed by atoms with Crippen molar-refractivity contribution in [2.24, 2.45) is 4.99 Å². The Balaban J connectivity index is 1.52. The van der Waals surface area contributed by atoms with Gasteiger partial charge in [0.2, 0.25) is 0 Å². The summed E-state index contributed by atoms with van der Waals surface area (Å²) in [4.78, 5) is 4.77. The summed E-state index contributed by atoms with van der Waals surface area (Å²) in [6, 6.07) is 36.3. The molecule has 0 aliphatic heterocycles. The second kappa shape index (κ2) is 7.40. The molecule has 4 aromatic carbocycles. The first-order valence-corrected chi connectivity index (χ1v) is 9.95. The van der Waals surface area contributed by atoms with E-state index in [0.717, 1.165) is 11.3 Å². The number of rotatable bonds is 4. The number of aliphatic imine (C=N–C) groups is 1. The van der Waals surface area contributed by atoms with Crippen LogP contribution in [0.4, 0.5) is 0 Å². The van der Waals surface area contributed by atoms with E-state index in [0.29, 0.717) is 6.54 Å². The summed E-state index contributed by atoms with van der Waals surface area (Å²) in [6.45, 7) is 2.79. The zero-order chi connectivity index (χ0) is 19.6. The second-order valence-electron chi connectivity index (χ2n) is 7.30. The van der Waals surface area contributed by atoms with E-state index in [1.54, 1.807) is 0 Å². The van der Waals surface area contributed by atoms with Crippen molar-refractivity contribution in [3.8, 4) is 5.69 Å². The molecule has 1 heterocycles. The standard InChI is InChI=1S/C27H22N2/c1-20(28-19-21-9-3-2-4-10-21)22-15-17-23(18-16-22)29-26-13-7-5-11-24(26)25-12-6-8-14-27(25)29/h2-18H,19H2,1H3. The molecule has 0 spiro atoms. The van der Waals surface area contributed by atoms with Gasteiger partial charge in [0, 0.05) is 22.2 Å². The van der Waals surface area contributed by atoms with Crippen LogP contribution in [0.15, 0.2) is 108 Å². The topological polar surface area (TPSA) is 17.3 Å². The van der Waals surface area contributed by atoms with Gasteiger partial charge in [-0.3, -0.25) is 4.99 Å². The predicted molar refractivity (Wildman–Crippen MR) is 123 cm³/mol. The van der Waals surface area contributed by atoms with Crippen LogP contribution in [0, 0.1) is 0 Å². The highest BCUT2D eigenvalue weighted by Gasteiger charge is 2.11. The quantitative estimate of drug-likeness (QED) is 0.308. The average molecular weight is 374 g/mol. The Morgan fingerprint density at radius 2 is 1.21 bits per heavy atom. The molecule has 0 fully saturated rings. The molecular weight excluding hydrogens is 352 g/mol. The van der Waals surface area contributed by atoms with E-state index in [1.165, 1.54) is 33.1 Å². The number of fused-ring (bicyclic) bond motifs is 3. The van der Waals surface area contributed by atoms with Gasteiger partial charge in [-0.05, 0) is 42.3 Å². The first kappa shape index (κ1) is 17.4. The minimum atomic E-state index is 0.710. The monoisotopic (exact) mass is 374 g/mol. The lowest BCUT2D eigenvalue weighted by Gasteiger charge is -2.09. The molecule has 0 aliphatic rings. The van der Waals surface area contributed by atoms with E-state index in [-0.39, 0.29) is 0 Å². The highest BCUT2D eigenvalue weighted by atomic mass is 15.0. The van der Waals surface area contributed by atoms with E-state index >= 15 is 0 Å². The Labute approximate surface area is 170 Å². The van der Waals surface area contributed by atoms with Crippen LogP contribution in [0.25, 0.3) is 27.5 Å². The van der Waals surface area contributed by atoms with Crippen LogP contribution in [-0.4, -0.2) is 10.3 Å². The lowest BCUT2D eigenvalue weighted by Crippen LogP contribution is -1.98. The minimum Gasteiger partial charge on any atom is -0.309 e. The molecule has 2 heteroatoms. The van der Waals surface area contributed by atoms with Gasteiger partial charge in [0.05, 0.1) is 17.6 Å². The molecule has 0 amide bonds. The molecule has 29 heavy (non-hydrogen) atoms. The fraction of sp³-hybridized carbons (Fsp3) is 0.0741. The molecule has 0 bridgehead atoms. The largest absolute Gasteiger partial charge is 0.309 e. The molecule has 2 nitrogen and oxygen atoms in total. The summed E-state index contributed by atoms with van der Waals surface area (Å²) in [5, 5.41) is 2.57. The van der Waals surface area contributed by atoms with Crippen molar-refractivity contribution in [2.45, 2.75) is 13.5 Å². The molecule has 0 radical (unpaired) electrons. The van der Waals surface area contributed by atoms with E-state index in [9.17, 15) is 0 Å². The van der Waals surface area contributed by atoms with Gasteiger partial charge in [0.15, 0.2) is 0 Å². The van der Waals surface area contributed by atoms with Crippen LogP contribution in [-0.2, 0) is 6.54 Å². The molecule has 140 valence electrons. The van der Waals surface area contributed by atoms with Crippen molar-refractivity contribution in [3.63, 3.8) is 0 Å². The van der Waals surface area contributed by atoms with E-state index in [2.05, 4.69) is 109 Å². The maximum atomic E-state index is 4.77. The van der Waals surface area contributed by atoms with Crippen molar-refractivity contribution in [1.82, 2.24) is 4.57 Å². The van der Waals surface area contributed by atoms with Crippen molar-refractivity contribution >= 4 is 27.5 Å². The van der Waals surface area contributed by atoms with E-state index in [4.69, 9.17) is 4.99 Å². The predicted octanol–water partition coefficient (Wildman–Crippen LogP) is 6.79. The average Bonchev–Trinajstić information content (AvgIpc) is 3.13. The molecule has 0 saturated carbocycles. The number of aromatic nitrogens is 1. The minimum absolute atomic E-state index is 0.710. The number of hydrogen-bond donors (Lipinski definition) is 0. The van der Waals surface area contributed by atoms with Crippen LogP contribution < -0.4 is 0 Å². The number of para-hydroxylation sites is 2. The van der Waals surface area contributed by atoms with E-state index in [1.807, 2.05) is 6.07 Å². The molecule has 0 atom stereocenters. The van der Waals surface area contributed by atoms with Gasteiger partial charge >= 0.3 is 0 Å². The Kier molecular flexibility index (Phi) is 4.45. The molecule has 1 aromatic heterocycles. The van der Waals surface area contributed by atoms with Crippen LogP contribution in [0.2, 0.25) is 0 Å².